The molecule has 0 unspecified atom stereocenters. The van der Waals surface area contributed by atoms with Crippen LogP contribution in [0.2, 0.25) is 0 Å². The smallest absolute Gasteiger partial charge is 0.182 e. The number of benzene rings is 1. The van der Waals surface area contributed by atoms with Crippen LogP contribution in [0.4, 0.5) is 0 Å². The van der Waals surface area contributed by atoms with Gasteiger partial charge >= 0.3 is 0 Å². The van der Waals surface area contributed by atoms with E-state index in [1.807, 2.05) is 6.92 Å². The van der Waals surface area contributed by atoms with Crippen LogP contribution in [-0.4, -0.2) is 20.0 Å². The van der Waals surface area contributed by atoms with Crippen LogP contribution in [0.5, 0.6) is 0 Å². The second kappa shape index (κ2) is 4.61. The van der Waals surface area contributed by atoms with Gasteiger partial charge in [0.1, 0.15) is 0 Å². The molecule has 16 heavy (non-hydrogen) atoms. The summed E-state index contributed by atoms with van der Waals surface area (Å²) in [6.07, 6.45) is 0. The van der Waals surface area contributed by atoms with Crippen LogP contribution < -0.4 is 0 Å². The number of carbonyl (C=O) groups excluding carboxylic acids is 1. The molecule has 4 heteroatoms. The summed E-state index contributed by atoms with van der Waals surface area (Å²) < 4.78 is 23.7. The summed E-state index contributed by atoms with van der Waals surface area (Å²) in [7, 11) is -3.44. The summed E-state index contributed by atoms with van der Waals surface area (Å²) in [6, 6.07) is 6.53. The Morgan fingerprint density at radius 3 is 2.19 bits per heavy atom. The number of hydrogen-bond donors (Lipinski definition) is 0. The zero-order chi connectivity index (χ0) is 12.3. The summed E-state index contributed by atoms with van der Waals surface area (Å²) in [6.45, 7) is 6.65. The highest BCUT2D eigenvalue weighted by Crippen LogP contribution is 2.14. The van der Waals surface area contributed by atoms with E-state index >= 15 is 0 Å². The van der Waals surface area contributed by atoms with Gasteiger partial charge in [-0.05, 0) is 26.0 Å². The van der Waals surface area contributed by atoms with Crippen molar-refractivity contribution in [2.45, 2.75) is 18.7 Å². The second-order valence-electron chi connectivity index (χ2n) is 3.73. The minimum Gasteiger partial charge on any atom is -0.295 e. The van der Waals surface area contributed by atoms with Crippen molar-refractivity contribution in [3.05, 3.63) is 42.0 Å². The van der Waals surface area contributed by atoms with Crippen LogP contribution in [0.1, 0.15) is 12.5 Å². The summed E-state index contributed by atoms with van der Waals surface area (Å²) in [4.78, 5) is 11.2. The fourth-order valence-corrected chi connectivity index (χ4v) is 2.54. The predicted octanol–water partition coefficient (Wildman–Crippen LogP) is 1.91. The number of Topliss-reactive ketones (excluding diaryl/α,β-unsaturated/α-hetero) is 1. The van der Waals surface area contributed by atoms with Gasteiger partial charge in [0.25, 0.3) is 0 Å². The molecule has 0 aliphatic heterocycles. The summed E-state index contributed by atoms with van der Waals surface area (Å²) in [5.74, 6) is -0.610. The SMILES string of the molecule is C=C(CS(=O)(=O)c1ccc(C)cc1)C(C)=O. The molecule has 1 aromatic rings. The van der Waals surface area contributed by atoms with E-state index in [1.165, 1.54) is 19.1 Å². The van der Waals surface area contributed by atoms with Crippen molar-refractivity contribution in [3.8, 4) is 0 Å². The molecule has 0 spiro atoms. The molecule has 0 bridgehead atoms. The lowest BCUT2D eigenvalue weighted by atomic mass is 10.2. The van der Waals surface area contributed by atoms with Gasteiger partial charge in [-0.15, -0.1) is 0 Å². The minimum absolute atomic E-state index is 0.112. The molecule has 0 heterocycles. The van der Waals surface area contributed by atoms with E-state index in [9.17, 15) is 13.2 Å². The zero-order valence-electron chi connectivity index (χ0n) is 9.36. The standard InChI is InChI=1S/C12H14O3S/c1-9-4-6-12(7-5-9)16(14,15)8-10(2)11(3)13/h4-7H,2,8H2,1,3H3. The topological polar surface area (TPSA) is 51.2 Å². The van der Waals surface area contributed by atoms with Crippen molar-refractivity contribution < 1.29 is 13.2 Å². The van der Waals surface area contributed by atoms with Crippen LogP contribution in [0.25, 0.3) is 0 Å². The van der Waals surface area contributed by atoms with Crippen molar-refractivity contribution in [2.24, 2.45) is 0 Å². The molecule has 86 valence electrons. The lowest BCUT2D eigenvalue weighted by Gasteiger charge is -2.05. The molecular weight excluding hydrogens is 224 g/mol. The van der Waals surface area contributed by atoms with Gasteiger partial charge in [-0.25, -0.2) is 8.42 Å². The third kappa shape index (κ3) is 3.03. The number of sulfone groups is 1. The monoisotopic (exact) mass is 238 g/mol. The molecule has 0 N–H and O–H groups in total. The molecule has 0 aliphatic carbocycles. The molecule has 3 nitrogen and oxygen atoms in total. The molecule has 0 fully saturated rings. The average molecular weight is 238 g/mol. The minimum atomic E-state index is -3.44. The largest absolute Gasteiger partial charge is 0.295 e. The van der Waals surface area contributed by atoms with Crippen molar-refractivity contribution >= 4 is 15.6 Å². The Hall–Kier alpha value is -1.42. The van der Waals surface area contributed by atoms with Gasteiger partial charge in [0.15, 0.2) is 15.6 Å². The molecule has 1 aromatic carbocycles. The molecule has 0 amide bonds. The zero-order valence-corrected chi connectivity index (χ0v) is 10.2. The Morgan fingerprint density at radius 1 is 1.25 bits per heavy atom. The maximum atomic E-state index is 11.8. The third-order valence-electron chi connectivity index (χ3n) is 2.24. The van der Waals surface area contributed by atoms with Crippen LogP contribution in [0, 0.1) is 6.92 Å². The first-order chi connectivity index (χ1) is 7.33. The number of carbonyl (C=O) groups is 1. The summed E-state index contributed by atoms with van der Waals surface area (Å²) >= 11 is 0. The van der Waals surface area contributed by atoms with Gasteiger partial charge < -0.3 is 0 Å². The van der Waals surface area contributed by atoms with Crippen molar-refractivity contribution in [1.82, 2.24) is 0 Å². The Balaban J connectivity index is 2.99. The molecule has 0 saturated heterocycles. The third-order valence-corrected chi connectivity index (χ3v) is 3.96. The van der Waals surface area contributed by atoms with E-state index < -0.39 is 9.84 Å². The Kier molecular flexibility index (Phi) is 3.65. The Bertz CT molecular complexity index is 510. The first kappa shape index (κ1) is 12.6. The summed E-state index contributed by atoms with van der Waals surface area (Å²) in [5, 5.41) is 0. The van der Waals surface area contributed by atoms with Crippen LogP contribution in [0.15, 0.2) is 41.3 Å². The van der Waals surface area contributed by atoms with E-state index in [0.29, 0.717) is 0 Å². The molecule has 0 saturated carbocycles. The maximum absolute atomic E-state index is 11.8. The van der Waals surface area contributed by atoms with Gasteiger partial charge in [0.05, 0.1) is 10.6 Å². The molecule has 0 radical (unpaired) electrons. The second-order valence-corrected chi connectivity index (χ2v) is 5.72. The number of rotatable bonds is 4. The highest BCUT2D eigenvalue weighted by Gasteiger charge is 2.17. The Labute approximate surface area is 95.7 Å². The number of aryl methyl sites for hydroxylation is 1. The highest BCUT2D eigenvalue weighted by atomic mass is 32.2. The van der Waals surface area contributed by atoms with Crippen LogP contribution in [-0.2, 0) is 14.6 Å². The lowest BCUT2D eigenvalue weighted by molar-refractivity contribution is -0.113. The normalized spacial score (nSPS) is 11.1. The van der Waals surface area contributed by atoms with Crippen molar-refractivity contribution in [3.63, 3.8) is 0 Å². The van der Waals surface area contributed by atoms with E-state index in [-0.39, 0.29) is 22.0 Å². The van der Waals surface area contributed by atoms with Gasteiger partial charge in [-0.1, -0.05) is 24.3 Å². The van der Waals surface area contributed by atoms with Gasteiger partial charge in [0.2, 0.25) is 0 Å². The fraction of sp³-hybridized carbons (Fsp3) is 0.250. The first-order valence-corrected chi connectivity index (χ1v) is 6.46. The molecule has 1 rings (SSSR count). The van der Waals surface area contributed by atoms with E-state index in [4.69, 9.17) is 0 Å². The lowest BCUT2D eigenvalue weighted by Crippen LogP contribution is -2.12. The van der Waals surface area contributed by atoms with E-state index in [2.05, 4.69) is 6.58 Å². The van der Waals surface area contributed by atoms with Crippen LogP contribution in [0.3, 0.4) is 0 Å². The van der Waals surface area contributed by atoms with Crippen molar-refractivity contribution in [2.75, 3.05) is 5.75 Å². The molecule has 0 aromatic heterocycles. The van der Waals surface area contributed by atoms with Crippen LogP contribution >= 0.6 is 0 Å². The molecular formula is C12H14O3S. The Morgan fingerprint density at radius 2 is 1.75 bits per heavy atom. The van der Waals surface area contributed by atoms with Crippen molar-refractivity contribution in [1.29, 1.82) is 0 Å². The van der Waals surface area contributed by atoms with Gasteiger partial charge in [-0.3, -0.25) is 4.79 Å². The quantitative estimate of drug-likeness (QED) is 0.753. The predicted molar refractivity (Wildman–Crippen MR) is 63.1 cm³/mol. The average Bonchev–Trinajstić information content (AvgIpc) is 2.17. The first-order valence-electron chi connectivity index (χ1n) is 4.81. The van der Waals surface area contributed by atoms with Gasteiger partial charge in [0, 0.05) is 5.57 Å². The summed E-state index contributed by atoms with van der Waals surface area (Å²) in [5.41, 5.74) is 1.10. The number of hydrogen-bond acceptors (Lipinski definition) is 3. The molecule has 0 atom stereocenters. The van der Waals surface area contributed by atoms with E-state index in [1.54, 1.807) is 12.1 Å². The van der Waals surface area contributed by atoms with Gasteiger partial charge in [-0.2, -0.15) is 0 Å². The maximum Gasteiger partial charge on any atom is 0.182 e. The highest BCUT2D eigenvalue weighted by molar-refractivity contribution is 7.91. The van der Waals surface area contributed by atoms with E-state index in [0.717, 1.165) is 5.56 Å². The molecule has 0 aliphatic rings. The fourth-order valence-electron chi connectivity index (χ4n) is 1.16. The number of ketones is 1.